The van der Waals surface area contributed by atoms with Gasteiger partial charge in [-0.25, -0.2) is 4.79 Å². The molecule has 7 heteroatoms. The van der Waals surface area contributed by atoms with E-state index in [0.717, 1.165) is 4.88 Å². The zero-order chi connectivity index (χ0) is 18.0. The summed E-state index contributed by atoms with van der Waals surface area (Å²) in [6, 6.07) is 0. The van der Waals surface area contributed by atoms with Gasteiger partial charge in [0.2, 0.25) is 0 Å². The summed E-state index contributed by atoms with van der Waals surface area (Å²) >= 11 is 1.48. The van der Waals surface area contributed by atoms with Crippen LogP contribution in [-0.4, -0.2) is 53.7 Å². The minimum absolute atomic E-state index is 0.185. The molecule has 0 aliphatic heterocycles. The Bertz CT molecular complexity index is 582. The summed E-state index contributed by atoms with van der Waals surface area (Å²) in [5.74, 6) is 4.43. The Hall–Kier alpha value is -1.91. The van der Waals surface area contributed by atoms with Gasteiger partial charge in [0.25, 0.3) is 0 Å². The second-order valence-corrected chi connectivity index (χ2v) is 6.81. The maximum atomic E-state index is 12.2. The van der Waals surface area contributed by atoms with E-state index in [4.69, 9.17) is 9.47 Å². The Balaban J connectivity index is 2.37. The molecule has 132 valence electrons. The standard InChI is InChI=1S/C17H24N2O4S/c1-5-23-16(21)15(20)19(17(2,3)4)9-7-11-22-10-6-8-14-12-18-13-24-14/h12-13H,5,7,9-11H2,1-4H3. The van der Waals surface area contributed by atoms with E-state index < -0.39 is 17.4 Å². The topological polar surface area (TPSA) is 68.7 Å². The average Bonchev–Trinajstić information content (AvgIpc) is 3.01. The van der Waals surface area contributed by atoms with Crippen LogP contribution >= 0.6 is 11.3 Å². The molecule has 1 aromatic heterocycles. The number of aromatic nitrogens is 1. The summed E-state index contributed by atoms with van der Waals surface area (Å²) in [5.41, 5.74) is 1.27. The van der Waals surface area contributed by atoms with Crippen LogP contribution < -0.4 is 0 Å². The van der Waals surface area contributed by atoms with Gasteiger partial charge in [-0.05, 0) is 34.1 Å². The van der Waals surface area contributed by atoms with E-state index in [2.05, 4.69) is 16.8 Å². The molecular weight excluding hydrogens is 328 g/mol. The van der Waals surface area contributed by atoms with Gasteiger partial charge in [-0.1, -0.05) is 11.8 Å². The maximum absolute atomic E-state index is 12.2. The highest BCUT2D eigenvalue weighted by atomic mass is 32.1. The van der Waals surface area contributed by atoms with E-state index in [0.29, 0.717) is 26.2 Å². The Labute approximate surface area is 147 Å². The largest absolute Gasteiger partial charge is 0.459 e. The molecule has 0 N–H and O–H groups in total. The summed E-state index contributed by atoms with van der Waals surface area (Å²) in [7, 11) is 0. The molecule has 0 radical (unpaired) electrons. The van der Waals surface area contributed by atoms with E-state index in [9.17, 15) is 9.59 Å². The van der Waals surface area contributed by atoms with Gasteiger partial charge in [-0.15, -0.1) is 11.3 Å². The van der Waals surface area contributed by atoms with Gasteiger partial charge >= 0.3 is 11.9 Å². The SMILES string of the molecule is CCOC(=O)C(=O)N(CCCOCC#Cc1cncs1)C(C)(C)C. The van der Waals surface area contributed by atoms with Gasteiger partial charge in [-0.2, -0.15) is 0 Å². The van der Waals surface area contributed by atoms with Crippen LogP contribution in [0.25, 0.3) is 0 Å². The summed E-state index contributed by atoms with van der Waals surface area (Å²) in [6.07, 6.45) is 2.32. The molecule has 0 bridgehead atoms. The minimum atomic E-state index is -0.816. The lowest BCUT2D eigenvalue weighted by Gasteiger charge is -2.34. The lowest BCUT2D eigenvalue weighted by molar-refractivity contribution is -0.162. The Morgan fingerprint density at radius 2 is 2.12 bits per heavy atom. The number of thiazole rings is 1. The van der Waals surface area contributed by atoms with E-state index in [1.54, 1.807) is 18.6 Å². The van der Waals surface area contributed by atoms with Gasteiger partial charge < -0.3 is 14.4 Å². The molecule has 0 saturated heterocycles. The monoisotopic (exact) mass is 352 g/mol. The number of amides is 1. The zero-order valence-corrected chi connectivity index (χ0v) is 15.4. The molecular formula is C17H24N2O4S. The lowest BCUT2D eigenvalue weighted by Crippen LogP contribution is -2.49. The Morgan fingerprint density at radius 3 is 2.71 bits per heavy atom. The van der Waals surface area contributed by atoms with Gasteiger partial charge in [0, 0.05) is 18.7 Å². The third-order valence-electron chi connectivity index (χ3n) is 2.99. The predicted octanol–water partition coefficient (Wildman–Crippen LogP) is 2.09. The number of esters is 1. The maximum Gasteiger partial charge on any atom is 0.397 e. The van der Waals surface area contributed by atoms with Gasteiger partial charge in [-0.3, -0.25) is 9.78 Å². The van der Waals surface area contributed by atoms with E-state index in [1.807, 2.05) is 20.8 Å². The molecule has 0 atom stereocenters. The van der Waals surface area contributed by atoms with Crippen LogP contribution in [0.4, 0.5) is 0 Å². The Morgan fingerprint density at radius 1 is 1.38 bits per heavy atom. The lowest BCUT2D eigenvalue weighted by atomic mass is 10.1. The van der Waals surface area contributed by atoms with Crippen molar-refractivity contribution in [2.75, 3.05) is 26.4 Å². The number of rotatable bonds is 6. The van der Waals surface area contributed by atoms with E-state index in [1.165, 1.54) is 16.2 Å². The first-order valence-electron chi connectivity index (χ1n) is 7.80. The molecule has 1 heterocycles. The van der Waals surface area contributed by atoms with Crippen LogP contribution in [0, 0.1) is 11.8 Å². The van der Waals surface area contributed by atoms with Crippen molar-refractivity contribution in [3.63, 3.8) is 0 Å². The fourth-order valence-electron chi connectivity index (χ4n) is 1.89. The third-order valence-corrected chi connectivity index (χ3v) is 3.68. The zero-order valence-electron chi connectivity index (χ0n) is 14.6. The van der Waals surface area contributed by atoms with Crippen LogP contribution in [-0.2, 0) is 19.1 Å². The highest BCUT2D eigenvalue weighted by Gasteiger charge is 2.31. The number of carbonyl (C=O) groups excluding carboxylic acids is 2. The first-order chi connectivity index (χ1) is 11.4. The van der Waals surface area contributed by atoms with Crippen molar-refractivity contribution in [2.45, 2.75) is 39.7 Å². The first kappa shape index (κ1) is 20.1. The Kier molecular flexibility index (Phi) is 8.44. The van der Waals surface area contributed by atoms with Crippen molar-refractivity contribution in [3.05, 3.63) is 16.6 Å². The van der Waals surface area contributed by atoms with Crippen molar-refractivity contribution in [3.8, 4) is 11.8 Å². The van der Waals surface area contributed by atoms with Gasteiger partial charge in [0.15, 0.2) is 0 Å². The fourth-order valence-corrected chi connectivity index (χ4v) is 2.38. The molecule has 1 aromatic rings. The molecule has 1 amide bonds. The summed E-state index contributed by atoms with van der Waals surface area (Å²) in [5, 5.41) is 0. The molecule has 0 aliphatic rings. The quantitative estimate of drug-likeness (QED) is 0.339. The third kappa shape index (κ3) is 7.11. The van der Waals surface area contributed by atoms with Gasteiger partial charge in [0.05, 0.1) is 23.2 Å². The number of carbonyl (C=O) groups is 2. The van der Waals surface area contributed by atoms with E-state index in [-0.39, 0.29) is 6.61 Å². The van der Waals surface area contributed by atoms with Gasteiger partial charge in [0.1, 0.15) is 6.61 Å². The molecule has 0 unspecified atom stereocenters. The van der Waals surface area contributed by atoms with Crippen molar-refractivity contribution < 1.29 is 19.1 Å². The van der Waals surface area contributed by atoms with Crippen LogP contribution in [0.1, 0.15) is 39.0 Å². The molecule has 0 saturated carbocycles. The molecule has 0 spiro atoms. The number of hydrogen-bond donors (Lipinski definition) is 0. The van der Waals surface area contributed by atoms with Crippen molar-refractivity contribution in [1.82, 2.24) is 9.88 Å². The van der Waals surface area contributed by atoms with Crippen LogP contribution in [0.15, 0.2) is 11.7 Å². The highest BCUT2D eigenvalue weighted by Crippen LogP contribution is 2.14. The van der Waals surface area contributed by atoms with Crippen LogP contribution in [0.2, 0.25) is 0 Å². The smallest absolute Gasteiger partial charge is 0.397 e. The van der Waals surface area contributed by atoms with Crippen molar-refractivity contribution in [2.24, 2.45) is 0 Å². The number of ether oxygens (including phenoxy) is 2. The number of nitrogens with zero attached hydrogens (tertiary/aromatic N) is 2. The second kappa shape index (κ2) is 10.1. The van der Waals surface area contributed by atoms with Crippen molar-refractivity contribution >= 4 is 23.2 Å². The normalized spacial score (nSPS) is 10.7. The highest BCUT2D eigenvalue weighted by molar-refractivity contribution is 7.10. The van der Waals surface area contributed by atoms with E-state index >= 15 is 0 Å². The van der Waals surface area contributed by atoms with Crippen LogP contribution in [0.5, 0.6) is 0 Å². The molecule has 24 heavy (non-hydrogen) atoms. The molecule has 0 fully saturated rings. The minimum Gasteiger partial charge on any atom is -0.459 e. The fraction of sp³-hybridized carbons (Fsp3) is 0.588. The molecule has 6 nitrogen and oxygen atoms in total. The van der Waals surface area contributed by atoms with Crippen molar-refractivity contribution in [1.29, 1.82) is 0 Å². The summed E-state index contributed by atoms with van der Waals surface area (Å²) < 4.78 is 10.2. The average molecular weight is 352 g/mol. The summed E-state index contributed by atoms with van der Waals surface area (Å²) in [4.78, 5) is 30.2. The molecule has 0 aromatic carbocycles. The number of hydrogen-bond acceptors (Lipinski definition) is 6. The second-order valence-electron chi connectivity index (χ2n) is 5.92. The molecule has 0 aliphatic carbocycles. The predicted molar refractivity (Wildman–Crippen MR) is 92.5 cm³/mol. The summed E-state index contributed by atoms with van der Waals surface area (Å²) in [6.45, 7) is 8.70. The van der Waals surface area contributed by atoms with Crippen LogP contribution in [0.3, 0.4) is 0 Å². The molecule has 1 rings (SSSR count). The first-order valence-corrected chi connectivity index (χ1v) is 8.68.